The summed E-state index contributed by atoms with van der Waals surface area (Å²) in [5.41, 5.74) is 2.89. The summed E-state index contributed by atoms with van der Waals surface area (Å²) in [6, 6.07) is 3.67. The molecule has 2 rings (SSSR count). The first-order valence-corrected chi connectivity index (χ1v) is 5.36. The second kappa shape index (κ2) is 5.03. The first-order valence-electron chi connectivity index (χ1n) is 4.99. The fraction of sp³-hybridized carbons (Fsp3) is 0.200. The van der Waals surface area contributed by atoms with Gasteiger partial charge in [-0.05, 0) is 12.1 Å². The summed E-state index contributed by atoms with van der Waals surface area (Å²) >= 11 is 5.92. The van der Waals surface area contributed by atoms with Gasteiger partial charge < -0.3 is 5.11 Å². The summed E-state index contributed by atoms with van der Waals surface area (Å²) < 4.78 is 2.77. The molecule has 2 N–H and O–H groups in total. The smallest absolute Gasteiger partial charge is 0.287 e. The van der Waals surface area contributed by atoms with Gasteiger partial charge >= 0.3 is 0 Å². The van der Waals surface area contributed by atoms with Gasteiger partial charge in [0.25, 0.3) is 5.56 Å². The van der Waals surface area contributed by atoms with E-state index in [-0.39, 0.29) is 18.2 Å². The van der Waals surface area contributed by atoms with Crippen LogP contribution in [0.3, 0.4) is 0 Å². The Balaban J connectivity index is 2.31. The molecule has 0 spiro atoms. The molecule has 0 saturated carbocycles. The number of aliphatic hydroxyl groups excluding tert-OH is 1. The average molecular weight is 255 g/mol. The van der Waals surface area contributed by atoms with Crippen molar-refractivity contribution >= 4 is 17.3 Å². The third kappa shape index (κ3) is 2.48. The maximum Gasteiger partial charge on any atom is 0.287 e. The molecule has 0 atom stereocenters. The number of rotatable bonds is 4. The second-order valence-electron chi connectivity index (χ2n) is 3.33. The van der Waals surface area contributed by atoms with Crippen molar-refractivity contribution < 1.29 is 5.11 Å². The highest BCUT2D eigenvalue weighted by atomic mass is 35.5. The molecular weight excluding hydrogens is 244 g/mol. The summed E-state index contributed by atoms with van der Waals surface area (Å²) in [5, 5.41) is 12.7. The number of hydrogen-bond acceptors (Lipinski definition) is 4. The van der Waals surface area contributed by atoms with Crippen LogP contribution in [0.1, 0.15) is 0 Å². The van der Waals surface area contributed by atoms with Crippen molar-refractivity contribution in [2.24, 2.45) is 0 Å². The van der Waals surface area contributed by atoms with Gasteiger partial charge in [0, 0.05) is 12.4 Å². The van der Waals surface area contributed by atoms with Crippen LogP contribution in [0.4, 0.5) is 5.69 Å². The van der Waals surface area contributed by atoms with E-state index in [0.717, 1.165) is 4.68 Å². The van der Waals surface area contributed by atoms with E-state index in [1.807, 2.05) is 12.1 Å². The molecule has 0 bridgehead atoms. The van der Waals surface area contributed by atoms with Crippen molar-refractivity contribution in [2.75, 3.05) is 12.0 Å². The predicted molar refractivity (Wildman–Crippen MR) is 64.0 cm³/mol. The molecule has 0 aliphatic heterocycles. The Kier molecular flexibility index (Phi) is 3.46. The Hall–Kier alpha value is -1.79. The number of aliphatic hydroxyl groups is 1. The van der Waals surface area contributed by atoms with Crippen molar-refractivity contribution in [1.29, 1.82) is 0 Å². The molecule has 7 heteroatoms. The number of nitrogens with zero attached hydrogens (tertiary/aromatic N) is 3. The molecule has 0 saturated heterocycles. The number of hydrogen-bond donors (Lipinski definition) is 2. The highest BCUT2D eigenvalue weighted by molar-refractivity contribution is 6.32. The first kappa shape index (κ1) is 11.7. The molecule has 17 heavy (non-hydrogen) atoms. The molecule has 0 fully saturated rings. The predicted octanol–water partition coefficient (Wildman–Crippen LogP) is 0.566. The van der Waals surface area contributed by atoms with E-state index in [0.29, 0.717) is 5.69 Å². The summed E-state index contributed by atoms with van der Waals surface area (Å²) in [7, 11) is 0. The largest absolute Gasteiger partial charge is 0.394 e. The molecule has 0 aliphatic carbocycles. The van der Waals surface area contributed by atoms with Crippen molar-refractivity contribution in [3.8, 4) is 0 Å². The van der Waals surface area contributed by atoms with Gasteiger partial charge in [0.05, 0.1) is 25.0 Å². The molecule has 0 aromatic carbocycles. The minimum Gasteiger partial charge on any atom is -0.394 e. The average Bonchev–Trinajstić information content (AvgIpc) is 2.82. The molecule has 2 heterocycles. The van der Waals surface area contributed by atoms with E-state index in [1.54, 1.807) is 17.1 Å². The molecule has 6 nitrogen and oxygen atoms in total. The lowest BCUT2D eigenvalue weighted by molar-refractivity contribution is 0.266. The number of aromatic nitrogens is 3. The Bertz CT molecular complexity index is 550. The third-order valence-electron chi connectivity index (χ3n) is 2.15. The number of anilines is 1. The van der Waals surface area contributed by atoms with Crippen LogP contribution in [0.5, 0.6) is 0 Å². The third-order valence-corrected chi connectivity index (χ3v) is 2.52. The maximum atomic E-state index is 11.7. The van der Waals surface area contributed by atoms with Crippen LogP contribution in [0.15, 0.2) is 35.5 Å². The molecule has 0 amide bonds. The monoisotopic (exact) mass is 254 g/mol. The van der Waals surface area contributed by atoms with E-state index < -0.39 is 5.56 Å². The Morgan fingerprint density at radius 1 is 1.41 bits per heavy atom. The zero-order valence-electron chi connectivity index (χ0n) is 8.88. The zero-order chi connectivity index (χ0) is 12.3. The first-order chi connectivity index (χ1) is 8.22. The molecular formula is C10H11ClN4O2. The van der Waals surface area contributed by atoms with Crippen LogP contribution < -0.4 is 11.0 Å². The Morgan fingerprint density at radius 3 is 2.76 bits per heavy atom. The highest BCUT2D eigenvalue weighted by Gasteiger charge is 2.08. The summed E-state index contributed by atoms with van der Waals surface area (Å²) in [5.74, 6) is 0. The van der Waals surface area contributed by atoms with Crippen molar-refractivity contribution in [2.45, 2.75) is 6.54 Å². The van der Waals surface area contributed by atoms with Gasteiger partial charge in [0.2, 0.25) is 0 Å². The molecule has 0 aliphatic rings. The lowest BCUT2D eigenvalue weighted by Gasteiger charge is -2.10. The van der Waals surface area contributed by atoms with Crippen LogP contribution in [0, 0.1) is 0 Å². The molecule has 0 radical (unpaired) electrons. The minimum absolute atomic E-state index is 0.0437. The maximum absolute atomic E-state index is 11.7. The SMILES string of the molecule is O=c1c(Cl)c(Nn2cccc2)cnn1CCO. The van der Waals surface area contributed by atoms with E-state index in [4.69, 9.17) is 16.7 Å². The van der Waals surface area contributed by atoms with Gasteiger partial charge in [-0.15, -0.1) is 0 Å². The van der Waals surface area contributed by atoms with Crippen LogP contribution >= 0.6 is 11.6 Å². The molecule has 0 unspecified atom stereocenters. The summed E-state index contributed by atoms with van der Waals surface area (Å²) in [6.07, 6.45) is 4.99. The molecule has 2 aromatic heterocycles. The normalized spacial score (nSPS) is 10.5. The molecule has 2 aromatic rings. The lowest BCUT2D eigenvalue weighted by Crippen LogP contribution is -2.26. The van der Waals surface area contributed by atoms with Crippen molar-refractivity contribution in [1.82, 2.24) is 14.5 Å². The van der Waals surface area contributed by atoms with Gasteiger partial charge in [0.15, 0.2) is 0 Å². The molecule has 90 valence electrons. The van der Waals surface area contributed by atoms with Crippen molar-refractivity contribution in [3.05, 3.63) is 46.1 Å². The topological polar surface area (TPSA) is 72.1 Å². The quantitative estimate of drug-likeness (QED) is 0.837. The Morgan fingerprint density at radius 2 is 2.12 bits per heavy atom. The van der Waals surface area contributed by atoms with Gasteiger partial charge in [-0.3, -0.25) is 14.9 Å². The minimum atomic E-state index is -0.433. The summed E-state index contributed by atoms with van der Waals surface area (Å²) in [4.78, 5) is 11.7. The van der Waals surface area contributed by atoms with E-state index >= 15 is 0 Å². The summed E-state index contributed by atoms with van der Waals surface area (Å²) in [6.45, 7) is -0.0318. The van der Waals surface area contributed by atoms with Crippen LogP contribution in [-0.4, -0.2) is 26.2 Å². The van der Waals surface area contributed by atoms with Crippen LogP contribution in [0.25, 0.3) is 0 Å². The van der Waals surface area contributed by atoms with Gasteiger partial charge in [-0.1, -0.05) is 11.6 Å². The number of nitrogens with one attached hydrogen (secondary N) is 1. The van der Waals surface area contributed by atoms with E-state index in [9.17, 15) is 4.79 Å². The van der Waals surface area contributed by atoms with Gasteiger partial charge in [-0.2, -0.15) is 5.10 Å². The lowest BCUT2D eigenvalue weighted by atomic mass is 10.4. The van der Waals surface area contributed by atoms with E-state index in [1.165, 1.54) is 6.20 Å². The second-order valence-corrected chi connectivity index (χ2v) is 3.70. The van der Waals surface area contributed by atoms with Gasteiger partial charge in [0.1, 0.15) is 5.02 Å². The fourth-order valence-corrected chi connectivity index (χ4v) is 1.53. The standard InChI is InChI=1S/C10H11ClN4O2/c11-9-8(13-14-3-1-2-4-14)7-12-15(5-6-16)10(9)17/h1-4,7,13,16H,5-6H2. The van der Waals surface area contributed by atoms with Crippen LogP contribution in [-0.2, 0) is 6.54 Å². The van der Waals surface area contributed by atoms with Crippen LogP contribution in [0.2, 0.25) is 5.02 Å². The fourth-order valence-electron chi connectivity index (χ4n) is 1.35. The van der Waals surface area contributed by atoms with E-state index in [2.05, 4.69) is 10.5 Å². The Labute approximate surface area is 102 Å². The van der Waals surface area contributed by atoms with Crippen molar-refractivity contribution in [3.63, 3.8) is 0 Å². The van der Waals surface area contributed by atoms with Gasteiger partial charge in [-0.25, -0.2) is 4.68 Å². The highest BCUT2D eigenvalue weighted by Crippen LogP contribution is 2.15. The number of halogens is 1. The zero-order valence-corrected chi connectivity index (χ0v) is 9.63.